The predicted molar refractivity (Wildman–Crippen MR) is 52.8 cm³/mol. The lowest BCUT2D eigenvalue weighted by Gasteiger charge is -2.06. The number of thioether (sulfide) groups is 1. The van der Waals surface area contributed by atoms with Gasteiger partial charge in [0.15, 0.2) is 0 Å². The summed E-state index contributed by atoms with van der Waals surface area (Å²) in [5.74, 6) is 1.64. The standard InChI is InChI=1S/C6H8N4OS2/c11-5(4-1-12-2-7-4)9-6-10-8-3-13-6/h3-4,7H,1-2H2,(H,9,10,11)/t4-/m1/s1. The van der Waals surface area contributed by atoms with Gasteiger partial charge in [0, 0.05) is 11.6 Å². The minimum absolute atomic E-state index is 0.0262. The van der Waals surface area contributed by atoms with E-state index in [9.17, 15) is 4.79 Å². The largest absolute Gasteiger partial charge is 0.299 e. The molecule has 0 saturated carbocycles. The van der Waals surface area contributed by atoms with Crippen molar-refractivity contribution in [2.45, 2.75) is 6.04 Å². The molecule has 2 heterocycles. The van der Waals surface area contributed by atoms with E-state index < -0.39 is 0 Å². The SMILES string of the molecule is O=C(Nc1nncs1)[C@H]1CSCN1. The van der Waals surface area contributed by atoms with Gasteiger partial charge in [-0.15, -0.1) is 22.0 Å². The number of nitrogens with zero attached hydrogens (tertiary/aromatic N) is 2. The lowest BCUT2D eigenvalue weighted by atomic mass is 10.3. The molecule has 7 heteroatoms. The van der Waals surface area contributed by atoms with Gasteiger partial charge in [0.1, 0.15) is 5.51 Å². The van der Waals surface area contributed by atoms with Gasteiger partial charge in [-0.1, -0.05) is 11.3 Å². The maximum atomic E-state index is 11.5. The number of anilines is 1. The zero-order valence-electron chi connectivity index (χ0n) is 6.69. The Balaban J connectivity index is 1.91. The van der Waals surface area contributed by atoms with E-state index in [2.05, 4.69) is 20.8 Å². The first-order chi connectivity index (χ1) is 6.36. The van der Waals surface area contributed by atoms with Crippen LogP contribution in [0.3, 0.4) is 0 Å². The van der Waals surface area contributed by atoms with Crippen LogP contribution in [-0.2, 0) is 4.79 Å². The Hall–Kier alpha value is -0.660. The van der Waals surface area contributed by atoms with Crippen LogP contribution < -0.4 is 10.6 Å². The fourth-order valence-electron chi connectivity index (χ4n) is 0.984. The van der Waals surface area contributed by atoms with Crippen LogP contribution in [0.4, 0.5) is 5.13 Å². The summed E-state index contributed by atoms with van der Waals surface area (Å²) in [6, 6.07) is -0.0890. The van der Waals surface area contributed by atoms with E-state index in [4.69, 9.17) is 0 Å². The minimum Gasteiger partial charge on any atom is -0.299 e. The first-order valence-corrected chi connectivity index (χ1v) is 5.78. The maximum Gasteiger partial charge on any atom is 0.244 e. The molecule has 1 aromatic heterocycles. The van der Waals surface area contributed by atoms with Crippen LogP contribution in [0.2, 0.25) is 0 Å². The molecule has 0 aromatic carbocycles. The highest BCUT2D eigenvalue weighted by Gasteiger charge is 2.22. The van der Waals surface area contributed by atoms with E-state index >= 15 is 0 Å². The minimum atomic E-state index is -0.0890. The van der Waals surface area contributed by atoms with Crippen molar-refractivity contribution in [3.63, 3.8) is 0 Å². The lowest BCUT2D eigenvalue weighted by Crippen LogP contribution is -2.37. The monoisotopic (exact) mass is 216 g/mol. The number of hydrogen-bond acceptors (Lipinski definition) is 6. The average Bonchev–Trinajstić information content (AvgIpc) is 2.74. The summed E-state index contributed by atoms with van der Waals surface area (Å²) < 4.78 is 0. The summed E-state index contributed by atoms with van der Waals surface area (Å²) >= 11 is 3.04. The quantitative estimate of drug-likeness (QED) is 0.736. The van der Waals surface area contributed by atoms with Crippen LogP contribution in [0.5, 0.6) is 0 Å². The number of hydrogen-bond donors (Lipinski definition) is 2. The number of aromatic nitrogens is 2. The Morgan fingerprint density at radius 1 is 1.77 bits per heavy atom. The van der Waals surface area contributed by atoms with Gasteiger partial charge in [-0.2, -0.15) is 0 Å². The second kappa shape index (κ2) is 4.03. The summed E-state index contributed by atoms with van der Waals surface area (Å²) in [6.07, 6.45) is 0. The number of carbonyl (C=O) groups is 1. The summed E-state index contributed by atoms with van der Waals surface area (Å²) in [6.45, 7) is 0. The number of amides is 1. The molecule has 1 amide bonds. The molecular formula is C6H8N4OS2. The smallest absolute Gasteiger partial charge is 0.244 e. The lowest BCUT2D eigenvalue weighted by molar-refractivity contribution is -0.117. The molecular weight excluding hydrogens is 208 g/mol. The molecule has 2 rings (SSSR count). The van der Waals surface area contributed by atoms with E-state index in [-0.39, 0.29) is 11.9 Å². The molecule has 5 nitrogen and oxygen atoms in total. The molecule has 1 aliphatic rings. The van der Waals surface area contributed by atoms with Crippen LogP contribution in [-0.4, -0.2) is 33.8 Å². The van der Waals surface area contributed by atoms with Crippen LogP contribution >= 0.6 is 23.1 Å². The second-order valence-corrected chi connectivity index (χ2v) is 4.37. The third-order valence-electron chi connectivity index (χ3n) is 1.62. The summed E-state index contributed by atoms with van der Waals surface area (Å²) in [5.41, 5.74) is 1.59. The second-order valence-electron chi connectivity index (χ2n) is 2.50. The maximum absolute atomic E-state index is 11.5. The van der Waals surface area contributed by atoms with Crippen molar-refractivity contribution in [3.8, 4) is 0 Å². The normalized spacial score (nSPS) is 21.7. The van der Waals surface area contributed by atoms with Gasteiger partial charge < -0.3 is 0 Å². The van der Waals surface area contributed by atoms with E-state index in [1.807, 2.05) is 0 Å². The first-order valence-electron chi connectivity index (χ1n) is 3.74. The predicted octanol–water partition coefficient (Wildman–Crippen LogP) is 0.139. The topological polar surface area (TPSA) is 66.9 Å². The summed E-state index contributed by atoms with van der Waals surface area (Å²) in [5, 5.41) is 13.7. The third kappa shape index (κ3) is 2.17. The molecule has 13 heavy (non-hydrogen) atoms. The van der Waals surface area contributed by atoms with Crippen molar-refractivity contribution < 1.29 is 4.79 Å². The molecule has 0 spiro atoms. The van der Waals surface area contributed by atoms with E-state index in [0.29, 0.717) is 5.13 Å². The molecule has 1 aliphatic heterocycles. The van der Waals surface area contributed by atoms with Gasteiger partial charge in [-0.3, -0.25) is 15.4 Å². The van der Waals surface area contributed by atoms with Gasteiger partial charge in [0.25, 0.3) is 0 Å². The van der Waals surface area contributed by atoms with E-state index in [0.717, 1.165) is 11.6 Å². The number of nitrogens with one attached hydrogen (secondary N) is 2. The number of carbonyl (C=O) groups excluding carboxylic acids is 1. The van der Waals surface area contributed by atoms with Crippen LogP contribution in [0, 0.1) is 0 Å². The van der Waals surface area contributed by atoms with Crippen molar-refractivity contribution in [2.75, 3.05) is 16.9 Å². The zero-order chi connectivity index (χ0) is 9.10. The number of rotatable bonds is 2. The molecule has 1 fully saturated rings. The Labute approximate surface area is 83.3 Å². The van der Waals surface area contributed by atoms with Crippen molar-refractivity contribution in [1.29, 1.82) is 0 Å². The van der Waals surface area contributed by atoms with E-state index in [1.165, 1.54) is 11.3 Å². The Kier molecular flexibility index (Phi) is 2.77. The highest BCUT2D eigenvalue weighted by molar-refractivity contribution is 7.99. The van der Waals surface area contributed by atoms with Gasteiger partial charge in [-0.25, -0.2) is 0 Å². The van der Waals surface area contributed by atoms with Crippen LogP contribution in [0.1, 0.15) is 0 Å². The van der Waals surface area contributed by atoms with Crippen LogP contribution in [0.25, 0.3) is 0 Å². The molecule has 70 valence electrons. The van der Waals surface area contributed by atoms with Crippen molar-refractivity contribution in [3.05, 3.63) is 5.51 Å². The molecule has 0 unspecified atom stereocenters. The third-order valence-corrected chi connectivity index (χ3v) is 3.17. The molecule has 0 bridgehead atoms. The molecule has 1 aromatic rings. The Morgan fingerprint density at radius 3 is 3.31 bits per heavy atom. The van der Waals surface area contributed by atoms with Crippen molar-refractivity contribution >= 4 is 34.1 Å². The van der Waals surface area contributed by atoms with Crippen molar-refractivity contribution in [2.24, 2.45) is 0 Å². The molecule has 2 N–H and O–H groups in total. The molecule has 0 aliphatic carbocycles. The Morgan fingerprint density at radius 2 is 2.69 bits per heavy atom. The Bertz CT molecular complexity index is 283. The van der Waals surface area contributed by atoms with Gasteiger partial charge in [-0.05, 0) is 0 Å². The van der Waals surface area contributed by atoms with Crippen molar-refractivity contribution in [1.82, 2.24) is 15.5 Å². The fraction of sp³-hybridized carbons (Fsp3) is 0.500. The summed E-state index contributed by atoms with van der Waals surface area (Å²) in [4.78, 5) is 11.5. The molecule has 0 radical (unpaired) electrons. The average molecular weight is 216 g/mol. The molecule has 1 atom stereocenters. The fourth-order valence-corrected chi connectivity index (χ4v) is 2.37. The van der Waals surface area contributed by atoms with Gasteiger partial charge in [0.05, 0.1) is 6.04 Å². The van der Waals surface area contributed by atoms with Crippen LogP contribution in [0.15, 0.2) is 5.51 Å². The van der Waals surface area contributed by atoms with Gasteiger partial charge >= 0.3 is 0 Å². The highest BCUT2D eigenvalue weighted by atomic mass is 32.2. The molecule has 1 saturated heterocycles. The van der Waals surface area contributed by atoms with E-state index in [1.54, 1.807) is 17.3 Å². The summed E-state index contributed by atoms with van der Waals surface area (Å²) in [7, 11) is 0. The highest BCUT2D eigenvalue weighted by Crippen LogP contribution is 2.13. The first kappa shape index (κ1) is 8.92. The zero-order valence-corrected chi connectivity index (χ0v) is 8.32. The van der Waals surface area contributed by atoms with Gasteiger partial charge in [0.2, 0.25) is 11.0 Å².